The van der Waals surface area contributed by atoms with Crippen molar-refractivity contribution in [3.05, 3.63) is 41.3 Å². The summed E-state index contributed by atoms with van der Waals surface area (Å²) in [6.45, 7) is 6.60. The summed E-state index contributed by atoms with van der Waals surface area (Å²) in [6, 6.07) is 6.84. The monoisotopic (exact) mass is 290 g/mol. The van der Waals surface area contributed by atoms with Gasteiger partial charge in [-0.05, 0) is 39.3 Å². The third-order valence-corrected chi connectivity index (χ3v) is 3.55. The molecule has 0 aliphatic heterocycles. The lowest BCUT2D eigenvalue weighted by molar-refractivity contribution is 0.622. The van der Waals surface area contributed by atoms with Gasteiger partial charge in [0.1, 0.15) is 11.6 Å². The van der Waals surface area contributed by atoms with E-state index in [0.29, 0.717) is 12.2 Å². The zero-order valence-corrected chi connectivity index (χ0v) is 13.1. The summed E-state index contributed by atoms with van der Waals surface area (Å²) in [5.74, 6) is 0.683. The molecule has 114 valence electrons. The van der Waals surface area contributed by atoms with Crippen LogP contribution in [0.1, 0.15) is 25.1 Å². The molecule has 4 nitrogen and oxygen atoms in total. The van der Waals surface area contributed by atoms with Crippen LogP contribution in [0.25, 0.3) is 0 Å². The number of aromatic nitrogens is 2. The first-order valence-corrected chi connectivity index (χ1v) is 7.25. The second-order valence-electron chi connectivity index (χ2n) is 5.39. The fraction of sp³-hybridized carbons (Fsp3) is 0.438. The molecule has 0 spiro atoms. The molecular weight excluding hydrogens is 267 g/mol. The number of halogens is 1. The Morgan fingerprint density at radius 2 is 2.05 bits per heavy atom. The molecule has 0 fully saturated rings. The van der Waals surface area contributed by atoms with Crippen LogP contribution in [0.2, 0.25) is 0 Å². The fourth-order valence-electron chi connectivity index (χ4n) is 2.69. The summed E-state index contributed by atoms with van der Waals surface area (Å²) in [7, 11) is 1.89. The van der Waals surface area contributed by atoms with Gasteiger partial charge in [-0.3, -0.25) is 4.68 Å². The highest BCUT2D eigenvalue weighted by Crippen LogP contribution is 2.32. The number of anilines is 2. The van der Waals surface area contributed by atoms with E-state index < -0.39 is 0 Å². The van der Waals surface area contributed by atoms with Crippen LogP contribution in [0.5, 0.6) is 0 Å². The highest BCUT2D eigenvalue weighted by Gasteiger charge is 2.22. The summed E-state index contributed by atoms with van der Waals surface area (Å²) in [4.78, 5) is 1.95. The van der Waals surface area contributed by atoms with Crippen molar-refractivity contribution < 1.29 is 4.39 Å². The Labute approximate surface area is 125 Å². The number of rotatable bonds is 5. The van der Waals surface area contributed by atoms with Crippen LogP contribution < -0.4 is 10.6 Å². The maximum atomic E-state index is 14.1. The minimum absolute atomic E-state index is 0.0333. The van der Waals surface area contributed by atoms with Crippen molar-refractivity contribution in [2.45, 2.75) is 33.2 Å². The molecule has 21 heavy (non-hydrogen) atoms. The Balaban J connectivity index is 2.55. The Morgan fingerprint density at radius 3 is 2.62 bits per heavy atom. The molecule has 1 atom stereocenters. The van der Waals surface area contributed by atoms with Crippen molar-refractivity contribution in [3.63, 3.8) is 0 Å². The molecule has 0 radical (unpaired) electrons. The van der Waals surface area contributed by atoms with Gasteiger partial charge in [-0.2, -0.15) is 5.10 Å². The maximum absolute atomic E-state index is 14.1. The molecule has 0 bridgehead atoms. The fourth-order valence-corrected chi connectivity index (χ4v) is 2.69. The molecule has 2 N–H and O–H groups in total. The third-order valence-electron chi connectivity index (χ3n) is 3.55. The van der Waals surface area contributed by atoms with Crippen molar-refractivity contribution in [2.75, 3.05) is 11.4 Å². The Morgan fingerprint density at radius 1 is 1.38 bits per heavy atom. The lowest BCUT2D eigenvalue weighted by atomic mass is 10.1. The van der Waals surface area contributed by atoms with E-state index in [0.717, 1.165) is 23.5 Å². The Hall–Kier alpha value is -1.88. The minimum Gasteiger partial charge on any atom is -0.328 e. The Kier molecular flexibility index (Phi) is 4.63. The quantitative estimate of drug-likeness (QED) is 0.921. The van der Waals surface area contributed by atoms with Gasteiger partial charge >= 0.3 is 0 Å². The lowest BCUT2D eigenvalue weighted by Crippen LogP contribution is -2.24. The van der Waals surface area contributed by atoms with Crippen LogP contribution in [0.15, 0.2) is 24.3 Å². The molecule has 1 aromatic heterocycles. The van der Waals surface area contributed by atoms with Gasteiger partial charge < -0.3 is 10.6 Å². The molecule has 0 aliphatic rings. The smallest absolute Gasteiger partial charge is 0.146 e. The minimum atomic E-state index is -0.232. The molecule has 0 aliphatic carbocycles. The third kappa shape index (κ3) is 3.08. The zero-order valence-electron chi connectivity index (χ0n) is 13.1. The molecule has 1 unspecified atom stereocenters. The topological polar surface area (TPSA) is 47.1 Å². The van der Waals surface area contributed by atoms with Crippen LogP contribution >= 0.6 is 0 Å². The molecule has 0 saturated heterocycles. The lowest BCUT2D eigenvalue weighted by Gasteiger charge is -2.25. The van der Waals surface area contributed by atoms with E-state index in [9.17, 15) is 4.39 Å². The second-order valence-corrected chi connectivity index (χ2v) is 5.39. The van der Waals surface area contributed by atoms with Gasteiger partial charge in [0, 0.05) is 25.2 Å². The average molecular weight is 290 g/mol. The number of aryl methyl sites for hydroxylation is 2. The SMILES string of the molecule is CCN(c1ccccc1F)c1c(CC(C)N)c(C)nn1C. The van der Waals surface area contributed by atoms with E-state index in [1.54, 1.807) is 12.1 Å². The summed E-state index contributed by atoms with van der Waals surface area (Å²) in [5.41, 5.74) is 8.54. The maximum Gasteiger partial charge on any atom is 0.146 e. The molecule has 2 aromatic rings. The Bertz CT molecular complexity index is 619. The number of hydrogen-bond donors (Lipinski definition) is 1. The van der Waals surface area contributed by atoms with E-state index in [1.807, 2.05) is 43.5 Å². The second kappa shape index (κ2) is 6.26. The molecule has 5 heteroatoms. The van der Waals surface area contributed by atoms with E-state index >= 15 is 0 Å². The van der Waals surface area contributed by atoms with E-state index in [1.165, 1.54) is 6.07 Å². The van der Waals surface area contributed by atoms with Crippen molar-refractivity contribution in [2.24, 2.45) is 12.8 Å². The largest absolute Gasteiger partial charge is 0.328 e. The predicted molar refractivity (Wildman–Crippen MR) is 84.4 cm³/mol. The van der Waals surface area contributed by atoms with Crippen molar-refractivity contribution in [3.8, 4) is 0 Å². The highest BCUT2D eigenvalue weighted by atomic mass is 19.1. The number of nitrogens with two attached hydrogens (primary N) is 1. The van der Waals surface area contributed by atoms with Gasteiger partial charge in [-0.15, -0.1) is 0 Å². The van der Waals surface area contributed by atoms with Crippen molar-refractivity contribution >= 4 is 11.5 Å². The van der Waals surface area contributed by atoms with Gasteiger partial charge in [-0.1, -0.05) is 12.1 Å². The number of nitrogens with zero attached hydrogens (tertiary/aromatic N) is 3. The van der Waals surface area contributed by atoms with Crippen LogP contribution in [-0.4, -0.2) is 22.4 Å². The first-order chi connectivity index (χ1) is 9.95. The first kappa shape index (κ1) is 15.5. The van der Waals surface area contributed by atoms with Crippen LogP contribution in [0.4, 0.5) is 15.9 Å². The van der Waals surface area contributed by atoms with Crippen LogP contribution in [0.3, 0.4) is 0 Å². The number of hydrogen-bond acceptors (Lipinski definition) is 3. The van der Waals surface area contributed by atoms with E-state index in [2.05, 4.69) is 5.10 Å². The van der Waals surface area contributed by atoms with E-state index in [-0.39, 0.29) is 11.9 Å². The number of benzene rings is 1. The molecule has 0 saturated carbocycles. The standard InChI is InChI=1S/C16H23FN4/c1-5-21(15-9-7-6-8-14(15)17)16-13(10-11(2)18)12(3)19-20(16)4/h6-9,11H,5,10,18H2,1-4H3. The van der Waals surface area contributed by atoms with Crippen molar-refractivity contribution in [1.82, 2.24) is 9.78 Å². The molecule has 1 aromatic carbocycles. The molecule has 2 rings (SSSR count). The van der Waals surface area contributed by atoms with Gasteiger partial charge in [0.05, 0.1) is 11.4 Å². The number of para-hydroxylation sites is 1. The van der Waals surface area contributed by atoms with E-state index in [4.69, 9.17) is 5.73 Å². The van der Waals surface area contributed by atoms with Gasteiger partial charge in [0.25, 0.3) is 0 Å². The van der Waals surface area contributed by atoms with Crippen molar-refractivity contribution in [1.29, 1.82) is 0 Å². The summed E-state index contributed by atoms with van der Waals surface area (Å²) in [5, 5.41) is 4.49. The molecule has 1 heterocycles. The predicted octanol–water partition coefficient (Wildman–Crippen LogP) is 2.92. The summed E-state index contributed by atoms with van der Waals surface area (Å²) < 4.78 is 16.0. The normalized spacial score (nSPS) is 12.5. The zero-order chi connectivity index (χ0) is 15.6. The molecular formula is C16H23FN4. The van der Waals surface area contributed by atoms with Gasteiger partial charge in [-0.25, -0.2) is 4.39 Å². The van der Waals surface area contributed by atoms with Crippen LogP contribution in [0, 0.1) is 12.7 Å². The first-order valence-electron chi connectivity index (χ1n) is 7.25. The van der Waals surface area contributed by atoms with Gasteiger partial charge in [0.2, 0.25) is 0 Å². The average Bonchev–Trinajstić information content (AvgIpc) is 2.68. The highest BCUT2D eigenvalue weighted by molar-refractivity contribution is 5.64. The summed E-state index contributed by atoms with van der Waals surface area (Å²) in [6.07, 6.45) is 0.722. The molecule has 0 amide bonds. The summed E-state index contributed by atoms with van der Waals surface area (Å²) >= 11 is 0. The van der Waals surface area contributed by atoms with Crippen LogP contribution in [-0.2, 0) is 13.5 Å². The van der Waals surface area contributed by atoms with Gasteiger partial charge in [0.15, 0.2) is 0 Å².